The van der Waals surface area contributed by atoms with Crippen LogP contribution in [0.4, 0.5) is 0 Å². The zero-order valence-electron chi connectivity index (χ0n) is 30.5. The number of fused-ring (bicyclic) bond motifs is 3. The van der Waals surface area contributed by atoms with Gasteiger partial charge >= 0.3 is 0 Å². The standard InChI is InChI=1S/C50H31N7/c51-32-33-25-27-45-40(29-33)39-23-13-14-24-44(39)57(45)46-28-26-38(49-52-42(34-15-5-1-6-16-34)31-43(53-49)35-17-7-2-8-18-35)30-41(46)50-55-47(36-19-9-3-10-20-36)54-48(56-50)37-21-11-4-12-22-37/h1-31H. The molecule has 7 heteroatoms. The molecule has 3 aromatic heterocycles. The monoisotopic (exact) mass is 729 g/mol. The molecular formula is C50H31N7. The minimum absolute atomic E-state index is 0.502. The number of aromatic nitrogens is 6. The van der Waals surface area contributed by atoms with E-state index in [4.69, 9.17) is 24.9 Å². The lowest BCUT2D eigenvalue weighted by Gasteiger charge is -2.16. The molecule has 0 fully saturated rings. The average molecular weight is 730 g/mol. The summed E-state index contributed by atoms with van der Waals surface area (Å²) in [5.41, 5.74) is 10.4. The Labute approximate surface area is 328 Å². The molecule has 0 aliphatic carbocycles. The van der Waals surface area contributed by atoms with Crippen LogP contribution in [0.2, 0.25) is 0 Å². The van der Waals surface area contributed by atoms with Gasteiger partial charge in [0.15, 0.2) is 23.3 Å². The topological polar surface area (TPSA) is 93.2 Å². The maximum atomic E-state index is 9.86. The van der Waals surface area contributed by atoms with E-state index in [0.717, 1.165) is 72.3 Å². The fraction of sp³-hybridized carbons (Fsp3) is 0. The molecule has 0 saturated heterocycles. The first-order chi connectivity index (χ1) is 28.2. The van der Waals surface area contributed by atoms with Crippen molar-refractivity contribution >= 4 is 21.8 Å². The number of hydrogen-bond acceptors (Lipinski definition) is 6. The minimum atomic E-state index is 0.502. The number of benzene rings is 7. The van der Waals surface area contributed by atoms with Gasteiger partial charge in [-0.15, -0.1) is 0 Å². The third-order valence-electron chi connectivity index (χ3n) is 10.1. The van der Waals surface area contributed by atoms with Crippen LogP contribution >= 0.6 is 0 Å². The quantitative estimate of drug-likeness (QED) is 0.162. The van der Waals surface area contributed by atoms with E-state index in [0.29, 0.717) is 28.9 Å². The molecule has 0 aliphatic rings. The Hall–Kier alpha value is -8.08. The molecule has 0 aliphatic heterocycles. The van der Waals surface area contributed by atoms with Gasteiger partial charge in [-0.2, -0.15) is 5.26 Å². The third kappa shape index (κ3) is 6.27. The third-order valence-corrected chi connectivity index (χ3v) is 10.1. The normalized spacial score (nSPS) is 11.1. The molecule has 0 amide bonds. The van der Waals surface area contributed by atoms with Crippen molar-refractivity contribution in [2.75, 3.05) is 0 Å². The summed E-state index contributed by atoms with van der Waals surface area (Å²) in [4.78, 5) is 25.8. The van der Waals surface area contributed by atoms with Crippen molar-refractivity contribution in [3.8, 4) is 79.8 Å². The summed E-state index contributed by atoms with van der Waals surface area (Å²) < 4.78 is 2.23. The van der Waals surface area contributed by atoms with Crippen LogP contribution in [0.1, 0.15) is 5.56 Å². The smallest absolute Gasteiger partial charge is 0.166 e. The second kappa shape index (κ2) is 14.3. The van der Waals surface area contributed by atoms with Crippen LogP contribution in [-0.4, -0.2) is 29.5 Å². The van der Waals surface area contributed by atoms with E-state index in [9.17, 15) is 5.26 Å². The van der Waals surface area contributed by atoms with E-state index in [1.807, 2.05) is 133 Å². The van der Waals surface area contributed by atoms with E-state index >= 15 is 0 Å². The molecular weight excluding hydrogens is 699 g/mol. The Morgan fingerprint density at radius 2 is 0.860 bits per heavy atom. The predicted octanol–water partition coefficient (Wildman–Crippen LogP) is 11.6. The SMILES string of the molecule is N#Cc1ccc2c(c1)c1ccccc1n2-c1ccc(-c2nc(-c3ccccc3)cc(-c3ccccc3)n2)cc1-c1nc(-c2ccccc2)nc(-c2ccccc2)n1. The average Bonchev–Trinajstić information content (AvgIpc) is 3.63. The fourth-order valence-corrected chi connectivity index (χ4v) is 7.37. The van der Waals surface area contributed by atoms with E-state index in [1.165, 1.54) is 0 Å². The predicted molar refractivity (Wildman–Crippen MR) is 227 cm³/mol. The Morgan fingerprint density at radius 1 is 0.368 bits per heavy atom. The molecule has 0 unspecified atom stereocenters. The van der Waals surface area contributed by atoms with Gasteiger partial charge in [-0.25, -0.2) is 24.9 Å². The van der Waals surface area contributed by atoms with Crippen molar-refractivity contribution in [3.63, 3.8) is 0 Å². The van der Waals surface area contributed by atoms with Crippen molar-refractivity contribution in [1.82, 2.24) is 29.5 Å². The first-order valence-electron chi connectivity index (χ1n) is 18.7. The second-order valence-corrected chi connectivity index (χ2v) is 13.7. The number of rotatable bonds is 7. The Morgan fingerprint density at radius 3 is 1.44 bits per heavy atom. The zero-order valence-corrected chi connectivity index (χ0v) is 30.5. The van der Waals surface area contributed by atoms with Crippen LogP contribution in [0, 0.1) is 11.3 Å². The molecule has 7 aromatic carbocycles. The first kappa shape index (κ1) is 33.5. The van der Waals surface area contributed by atoms with E-state index in [2.05, 4.69) is 65.2 Å². The molecule has 57 heavy (non-hydrogen) atoms. The highest BCUT2D eigenvalue weighted by atomic mass is 15.1. The van der Waals surface area contributed by atoms with Crippen LogP contribution in [0.15, 0.2) is 188 Å². The molecule has 7 nitrogen and oxygen atoms in total. The van der Waals surface area contributed by atoms with Gasteiger partial charge in [0, 0.05) is 44.2 Å². The summed E-state index contributed by atoms with van der Waals surface area (Å²) in [6.45, 7) is 0. The summed E-state index contributed by atoms with van der Waals surface area (Å²) in [6, 6.07) is 65.1. The van der Waals surface area contributed by atoms with Crippen molar-refractivity contribution in [2.24, 2.45) is 0 Å². The lowest BCUT2D eigenvalue weighted by molar-refractivity contribution is 1.06. The fourth-order valence-electron chi connectivity index (χ4n) is 7.37. The van der Waals surface area contributed by atoms with Crippen molar-refractivity contribution in [3.05, 3.63) is 194 Å². The van der Waals surface area contributed by atoms with Crippen molar-refractivity contribution in [2.45, 2.75) is 0 Å². The highest BCUT2D eigenvalue weighted by Crippen LogP contribution is 2.39. The van der Waals surface area contributed by atoms with Crippen LogP contribution < -0.4 is 0 Å². The van der Waals surface area contributed by atoms with Crippen LogP contribution in [0.25, 0.3) is 95.6 Å². The van der Waals surface area contributed by atoms with Crippen LogP contribution in [0.5, 0.6) is 0 Å². The van der Waals surface area contributed by atoms with E-state index < -0.39 is 0 Å². The highest BCUT2D eigenvalue weighted by molar-refractivity contribution is 6.10. The molecule has 0 saturated carbocycles. The summed E-state index contributed by atoms with van der Waals surface area (Å²) >= 11 is 0. The van der Waals surface area contributed by atoms with Gasteiger partial charge in [0.25, 0.3) is 0 Å². The Balaban J connectivity index is 1.27. The largest absolute Gasteiger partial charge is 0.308 e. The van der Waals surface area contributed by atoms with E-state index in [-0.39, 0.29) is 0 Å². The molecule has 0 radical (unpaired) electrons. The first-order valence-corrected chi connectivity index (χ1v) is 18.7. The molecule has 3 heterocycles. The number of nitrogens with zero attached hydrogens (tertiary/aromatic N) is 7. The zero-order chi connectivity index (χ0) is 38.1. The van der Waals surface area contributed by atoms with Gasteiger partial charge in [-0.05, 0) is 48.5 Å². The van der Waals surface area contributed by atoms with Crippen molar-refractivity contribution < 1.29 is 0 Å². The van der Waals surface area contributed by atoms with Crippen LogP contribution in [-0.2, 0) is 0 Å². The van der Waals surface area contributed by atoms with Crippen molar-refractivity contribution in [1.29, 1.82) is 5.26 Å². The number of hydrogen-bond donors (Lipinski definition) is 0. The summed E-state index contributed by atoms with van der Waals surface area (Å²) in [5, 5.41) is 11.9. The van der Waals surface area contributed by atoms with E-state index in [1.54, 1.807) is 0 Å². The van der Waals surface area contributed by atoms with Gasteiger partial charge in [0.1, 0.15) is 0 Å². The molecule has 0 N–H and O–H groups in total. The summed E-state index contributed by atoms with van der Waals surface area (Å²) in [6.07, 6.45) is 0. The van der Waals surface area contributed by atoms with Gasteiger partial charge in [-0.1, -0.05) is 140 Å². The minimum Gasteiger partial charge on any atom is -0.308 e. The lowest BCUT2D eigenvalue weighted by atomic mass is 10.0. The summed E-state index contributed by atoms with van der Waals surface area (Å²) in [7, 11) is 0. The Bertz CT molecular complexity index is 3000. The highest BCUT2D eigenvalue weighted by Gasteiger charge is 2.21. The molecule has 10 aromatic rings. The molecule has 10 rings (SSSR count). The lowest BCUT2D eigenvalue weighted by Crippen LogP contribution is -2.04. The Kier molecular flexibility index (Phi) is 8.40. The molecule has 0 atom stereocenters. The van der Waals surface area contributed by atoms with Gasteiger partial charge < -0.3 is 4.57 Å². The maximum absolute atomic E-state index is 9.86. The van der Waals surface area contributed by atoms with Gasteiger partial charge in [-0.3, -0.25) is 0 Å². The summed E-state index contributed by atoms with van der Waals surface area (Å²) in [5.74, 6) is 2.20. The number of para-hydroxylation sites is 1. The molecule has 266 valence electrons. The second-order valence-electron chi connectivity index (χ2n) is 13.7. The van der Waals surface area contributed by atoms with Gasteiger partial charge in [0.05, 0.1) is 39.7 Å². The molecule has 0 bridgehead atoms. The maximum Gasteiger partial charge on any atom is 0.166 e. The molecule has 0 spiro atoms. The van der Waals surface area contributed by atoms with Crippen LogP contribution in [0.3, 0.4) is 0 Å². The van der Waals surface area contributed by atoms with Gasteiger partial charge in [0.2, 0.25) is 0 Å². The number of nitriles is 1.